The van der Waals surface area contributed by atoms with Crippen LogP contribution in [0.15, 0.2) is 42.5 Å². The van der Waals surface area contributed by atoms with Crippen LogP contribution in [0.5, 0.6) is 5.75 Å². The number of carbonyl (C=O) groups excluding carboxylic acids is 1. The van der Waals surface area contributed by atoms with E-state index in [4.69, 9.17) is 14.2 Å². The van der Waals surface area contributed by atoms with E-state index in [-0.39, 0.29) is 5.76 Å². The zero-order chi connectivity index (χ0) is 18.4. The highest BCUT2D eigenvalue weighted by molar-refractivity contribution is 5.86. The summed E-state index contributed by atoms with van der Waals surface area (Å²) >= 11 is 0. The molecule has 0 bridgehead atoms. The fourth-order valence-electron chi connectivity index (χ4n) is 2.31. The average molecular weight is 344 g/mol. The van der Waals surface area contributed by atoms with E-state index >= 15 is 0 Å². The molecule has 1 heterocycles. The average Bonchev–Trinajstić information content (AvgIpc) is 3.03. The van der Waals surface area contributed by atoms with E-state index in [9.17, 15) is 4.79 Å². The molecule has 0 atom stereocenters. The molecular weight excluding hydrogens is 320 g/mol. The first-order valence-electron chi connectivity index (χ1n) is 8.09. The molecule has 6 heteroatoms. The third-order valence-corrected chi connectivity index (χ3v) is 3.53. The third-order valence-electron chi connectivity index (χ3n) is 3.53. The molecule has 0 saturated carbocycles. The van der Waals surface area contributed by atoms with Gasteiger partial charge in [-0.2, -0.15) is 5.10 Å². The molecule has 2 rings (SSSR count). The Kier molecular flexibility index (Phi) is 6.22. The summed E-state index contributed by atoms with van der Waals surface area (Å²) in [6.07, 6.45) is 4.05. The molecule has 0 unspecified atom stereocenters. The number of esters is 1. The molecule has 134 valence electrons. The van der Waals surface area contributed by atoms with Crippen LogP contribution >= 0.6 is 0 Å². The SMILES string of the molecule is CO/C=C(\Oc1cc(-n2ccc(CC(C)C)n2)ccc1C)C(=O)OC. The van der Waals surface area contributed by atoms with Gasteiger partial charge in [-0.3, -0.25) is 0 Å². The van der Waals surface area contributed by atoms with Gasteiger partial charge in [0.1, 0.15) is 12.0 Å². The minimum Gasteiger partial charge on any atom is -0.500 e. The van der Waals surface area contributed by atoms with Crippen molar-refractivity contribution >= 4 is 5.97 Å². The van der Waals surface area contributed by atoms with Crippen LogP contribution in [0.3, 0.4) is 0 Å². The number of aryl methyl sites for hydroxylation is 1. The monoisotopic (exact) mass is 344 g/mol. The van der Waals surface area contributed by atoms with Crippen LogP contribution in [0.1, 0.15) is 25.1 Å². The summed E-state index contributed by atoms with van der Waals surface area (Å²) in [5.41, 5.74) is 2.76. The Morgan fingerprint density at radius 2 is 2.04 bits per heavy atom. The fraction of sp³-hybridized carbons (Fsp3) is 0.368. The molecule has 1 aromatic heterocycles. The maximum atomic E-state index is 11.8. The number of benzene rings is 1. The number of ether oxygens (including phenoxy) is 3. The van der Waals surface area contributed by atoms with Crippen molar-refractivity contribution in [1.82, 2.24) is 9.78 Å². The van der Waals surface area contributed by atoms with Crippen LogP contribution in [-0.2, 0) is 20.7 Å². The van der Waals surface area contributed by atoms with E-state index in [0.717, 1.165) is 23.4 Å². The summed E-state index contributed by atoms with van der Waals surface area (Å²) in [4.78, 5) is 11.8. The topological polar surface area (TPSA) is 62.6 Å². The predicted octanol–water partition coefficient (Wildman–Crippen LogP) is 3.42. The van der Waals surface area contributed by atoms with Gasteiger partial charge in [-0.1, -0.05) is 19.9 Å². The first-order chi connectivity index (χ1) is 11.9. The van der Waals surface area contributed by atoms with Crippen LogP contribution in [0.25, 0.3) is 5.69 Å². The van der Waals surface area contributed by atoms with Crippen molar-refractivity contribution in [1.29, 1.82) is 0 Å². The van der Waals surface area contributed by atoms with Crippen molar-refractivity contribution in [2.24, 2.45) is 5.92 Å². The molecule has 25 heavy (non-hydrogen) atoms. The number of hydrogen-bond acceptors (Lipinski definition) is 5. The molecule has 0 aliphatic rings. The molecule has 0 fully saturated rings. The highest BCUT2D eigenvalue weighted by Gasteiger charge is 2.15. The maximum Gasteiger partial charge on any atom is 0.377 e. The largest absolute Gasteiger partial charge is 0.500 e. The van der Waals surface area contributed by atoms with Crippen molar-refractivity contribution in [3.63, 3.8) is 0 Å². The lowest BCUT2D eigenvalue weighted by Gasteiger charge is -2.12. The van der Waals surface area contributed by atoms with E-state index in [1.807, 2.05) is 37.4 Å². The van der Waals surface area contributed by atoms with Gasteiger partial charge in [0, 0.05) is 12.3 Å². The molecule has 0 aliphatic heterocycles. The Morgan fingerprint density at radius 3 is 2.68 bits per heavy atom. The van der Waals surface area contributed by atoms with Crippen molar-refractivity contribution < 1.29 is 19.0 Å². The number of hydrogen-bond donors (Lipinski definition) is 0. The summed E-state index contributed by atoms with van der Waals surface area (Å²) in [6.45, 7) is 6.22. The summed E-state index contributed by atoms with van der Waals surface area (Å²) < 4.78 is 17.1. The molecule has 6 nitrogen and oxygen atoms in total. The second-order valence-electron chi connectivity index (χ2n) is 6.11. The number of aromatic nitrogens is 2. The summed E-state index contributed by atoms with van der Waals surface area (Å²) in [5, 5.41) is 4.59. The minimum absolute atomic E-state index is 0.0220. The molecule has 0 radical (unpaired) electrons. The molecule has 0 amide bonds. The van der Waals surface area contributed by atoms with Crippen molar-refractivity contribution in [2.75, 3.05) is 14.2 Å². The van der Waals surface area contributed by atoms with Crippen LogP contribution < -0.4 is 4.74 Å². The Morgan fingerprint density at radius 1 is 1.28 bits per heavy atom. The van der Waals surface area contributed by atoms with Gasteiger partial charge < -0.3 is 14.2 Å². The zero-order valence-corrected chi connectivity index (χ0v) is 15.3. The van der Waals surface area contributed by atoms with Gasteiger partial charge in [0.05, 0.1) is 25.6 Å². The molecule has 2 aromatic rings. The minimum atomic E-state index is -0.607. The van der Waals surface area contributed by atoms with Gasteiger partial charge >= 0.3 is 5.97 Å². The van der Waals surface area contributed by atoms with Gasteiger partial charge in [0.25, 0.3) is 0 Å². The molecule has 0 aliphatic carbocycles. The van der Waals surface area contributed by atoms with Crippen molar-refractivity contribution in [3.8, 4) is 11.4 Å². The van der Waals surface area contributed by atoms with Crippen LogP contribution in [0.2, 0.25) is 0 Å². The van der Waals surface area contributed by atoms with E-state index in [0.29, 0.717) is 11.7 Å². The van der Waals surface area contributed by atoms with Gasteiger partial charge in [-0.25, -0.2) is 9.48 Å². The standard InChI is InChI=1S/C19H24N2O4/c1-13(2)10-15-8-9-21(20-15)16-7-6-14(3)17(11-16)25-18(12-23-4)19(22)24-5/h6-9,11-13H,10H2,1-5H3/b18-12-. The molecule has 0 N–H and O–H groups in total. The smallest absolute Gasteiger partial charge is 0.377 e. The van der Waals surface area contributed by atoms with E-state index in [1.165, 1.54) is 20.5 Å². The van der Waals surface area contributed by atoms with Crippen molar-refractivity contribution in [3.05, 3.63) is 53.7 Å². The highest BCUT2D eigenvalue weighted by atomic mass is 16.6. The summed E-state index contributed by atoms with van der Waals surface area (Å²) in [6, 6.07) is 7.70. The van der Waals surface area contributed by atoms with Gasteiger partial charge in [-0.05, 0) is 37.0 Å². The first kappa shape index (κ1) is 18.6. The Bertz CT molecular complexity index is 763. The van der Waals surface area contributed by atoms with Gasteiger partial charge in [0.2, 0.25) is 5.76 Å². The molecule has 0 spiro atoms. The number of methoxy groups -OCH3 is 2. The molecular formula is C19H24N2O4. The Hall–Kier alpha value is -2.76. The Balaban J connectivity index is 2.29. The Labute approximate surface area is 148 Å². The number of rotatable bonds is 7. The van der Waals surface area contributed by atoms with Crippen LogP contribution in [0, 0.1) is 12.8 Å². The van der Waals surface area contributed by atoms with Gasteiger partial charge in [-0.15, -0.1) is 0 Å². The lowest BCUT2D eigenvalue weighted by molar-refractivity contribution is -0.138. The van der Waals surface area contributed by atoms with E-state index < -0.39 is 5.97 Å². The molecule has 1 aromatic carbocycles. The fourth-order valence-corrected chi connectivity index (χ4v) is 2.31. The lowest BCUT2D eigenvalue weighted by Crippen LogP contribution is -2.12. The third kappa shape index (κ3) is 4.86. The summed E-state index contributed by atoms with van der Waals surface area (Å²) in [7, 11) is 2.73. The molecule has 0 saturated heterocycles. The maximum absolute atomic E-state index is 11.8. The zero-order valence-electron chi connectivity index (χ0n) is 15.3. The quantitative estimate of drug-likeness (QED) is 0.437. The second kappa shape index (κ2) is 8.37. The van der Waals surface area contributed by atoms with Crippen LogP contribution in [0.4, 0.5) is 0 Å². The normalized spacial score (nSPS) is 11.5. The van der Waals surface area contributed by atoms with E-state index in [2.05, 4.69) is 18.9 Å². The highest BCUT2D eigenvalue weighted by Crippen LogP contribution is 2.24. The van der Waals surface area contributed by atoms with Gasteiger partial charge in [0.15, 0.2) is 0 Å². The van der Waals surface area contributed by atoms with E-state index in [1.54, 1.807) is 4.68 Å². The predicted molar refractivity (Wildman–Crippen MR) is 94.6 cm³/mol. The first-order valence-corrected chi connectivity index (χ1v) is 8.09. The van der Waals surface area contributed by atoms with Crippen molar-refractivity contribution in [2.45, 2.75) is 27.2 Å². The summed E-state index contributed by atoms with van der Waals surface area (Å²) in [5.74, 6) is 0.449. The second-order valence-corrected chi connectivity index (χ2v) is 6.11. The number of carbonyl (C=O) groups is 1. The lowest BCUT2D eigenvalue weighted by atomic mass is 10.1. The number of nitrogens with zero attached hydrogens (tertiary/aromatic N) is 2. The van der Waals surface area contributed by atoms with Crippen LogP contribution in [-0.4, -0.2) is 30.0 Å².